The summed E-state index contributed by atoms with van der Waals surface area (Å²) < 4.78 is 38.7. The summed E-state index contributed by atoms with van der Waals surface area (Å²) in [6, 6.07) is 6.84. The smallest absolute Gasteiger partial charge is 0.260 e. The lowest BCUT2D eigenvalue weighted by molar-refractivity contribution is -0.140. The number of ether oxygens (including phenoxy) is 2. The zero-order valence-corrected chi connectivity index (χ0v) is 18.6. The van der Waals surface area contributed by atoms with Crippen molar-refractivity contribution < 1.29 is 22.7 Å². The van der Waals surface area contributed by atoms with Crippen molar-refractivity contribution in [3.05, 3.63) is 29.3 Å². The van der Waals surface area contributed by atoms with Gasteiger partial charge in [-0.15, -0.1) is 0 Å². The first-order valence-corrected chi connectivity index (χ1v) is 12.8. The fourth-order valence-electron chi connectivity index (χ4n) is 5.05. The highest BCUT2D eigenvalue weighted by Crippen LogP contribution is 2.39. The Morgan fingerprint density at radius 2 is 1.97 bits per heavy atom. The van der Waals surface area contributed by atoms with E-state index >= 15 is 0 Å². The van der Waals surface area contributed by atoms with Crippen molar-refractivity contribution in [2.75, 3.05) is 26.0 Å². The Bertz CT molecular complexity index is 966. The van der Waals surface area contributed by atoms with Crippen molar-refractivity contribution in [3.63, 3.8) is 0 Å². The number of nitrogens with one attached hydrogen (secondary N) is 1. The van der Waals surface area contributed by atoms with E-state index in [0.29, 0.717) is 43.2 Å². The van der Waals surface area contributed by atoms with Crippen molar-refractivity contribution in [3.8, 4) is 11.8 Å². The second kappa shape index (κ2) is 9.15. The number of rotatable bonds is 2. The predicted octanol–water partition coefficient (Wildman–Crippen LogP) is 1.90. The van der Waals surface area contributed by atoms with Gasteiger partial charge in [-0.05, 0) is 62.1 Å². The molecular formula is C22H29N3O5S. The number of piperidine rings is 1. The maximum Gasteiger partial charge on any atom is 0.260 e. The molecule has 0 radical (unpaired) electrons. The topological polar surface area (TPSA) is 109 Å². The van der Waals surface area contributed by atoms with Gasteiger partial charge in [0.15, 0.2) is 6.61 Å². The number of carbonyl (C=O) groups excluding carboxylic acids is 1. The number of nitrogens with zero attached hydrogens (tertiary/aromatic N) is 2. The van der Waals surface area contributed by atoms with Crippen LogP contribution in [0.4, 0.5) is 0 Å². The van der Waals surface area contributed by atoms with Crippen LogP contribution in [0.1, 0.15) is 55.6 Å². The van der Waals surface area contributed by atoms with Crippen LogP contribution in [0.3, 0.4) is 0 Å². The second-order valence-electron chi connectivity index (χ2n) is 8.75. The molecule has 3 aliphatic heterocycles. The minimum Gasteiger partial charge on any atom is -0.483 e. The van der Waals surface area contributed by atoms with Crippen molar-refractivity contribution in [2.24, 2.45) is 0 Å². The predicted molar refractivity (Wildman–Crippen MR) is 114 cm³/mol. The molecular weight excluding hydrogens is 418 g/mol. The van der Waals surface area contributed by atoms with E-state index in [1.54, 1.807) is 17.0 Å². The first kappa shape index (κ1) is 22.1. The van der Waals surface area contributed by atoms with E-state index in [0.717, 1.165) is 37.5 Å². The van der Waals surface area contributed by atoms with Crippen LogP contribution < -0.4 is 9.46 Å². The summed E-state index contributed by atoms with van der Waals surface area (Å²) in [7, 11) is -3.41. The van der Waals surface area contributed by atoms with Crippen LogP contribution in [0.15, 0.2) is 18.2 Å². The average Bonchev–Trinajstić information content (AvgIpc) is 2.76. The number of sulfonamides is 1. The molecule has 2 bridgehead atoms. The Balaban J connectivity index is 1.64. The third-order valence-corrected chi connectivity index (χ3v) is 7.31. The Labute approximate surface area is 183 Å². The van der Waals surface area contributed by atoms with Crippen LogP contribution >= 0.6 is 0 Å². The average molecular weight is 448 g/mol. The Hall–Kier alpha value is -2.15. The van der Waals surface area contributed by atoms with Gasteiger partial charge < -0.3 is 14.4 Å². The summed E-state index contributed by atoms with van der Waals surface area (Å²) in [5.74, 6) is 0.699. The van der Waals surface area contributed by atoms with Crippen molar-refractivity contribution in [1.29, 1.82) is 5.26 Å². The second-order valence-corrected chi connectivity index (χ2v) is 10.5. The molecule has 1 amide bonds. The van der Waals surface area contributed by atoms with Crippen LogP contribution in [0.25, 0.3) is 0 Å². The molecule has 1 aromatic rings. The summed E-state index contributed by atoms with van der Waals surface area (Å²) >= 11 is 0. The van der Waals surface area contributed by atoms with E-state index in [9.17, 15) is 18.5 Å². The third-order valence-electron chi connectivity index (χ3n) is 6.58. The van der Waals surface area contributed by atoms with E-state index in [2.05, 4.69) is 10.8 Å². The Kier molecular flexibility index (Phi) is 6.51. The molecule has 1 saturated heterocycles. The monoisotopic (exact) mass is 447 g/mol. The summed E-state index contributed by atoms with van der Waals surface area (Å²) in [6.45, 7) is 0.691. The molecule has 2 fully saturated rings. The largest absolute Gasteiger partial charge is 0.483 e. The summed E-state index contributed by atoms with van der Waals surface area (Å²) in [5, 5.41) is 9.29. The van der Waals surface area contributed by atoms with Gasteiger partial charge in [-0.2, -0.15) is 5.26 Å². The molecule has 3 heterocycles. The summed E-state index contributed by atoms with van der Waals surface area (Å²) in [5.41, 5.74) is 1.54. The van der Waals surface area contributed by atoms with E-state index in [-0.39, 0.29) is 30.7 Å². The maximum atomic E-state index is 13.1. The van der Waals surface area contributed by atoms with Gasteiger partial charge in [-0.25, -0.2) is 13.1 Å². The maximum absolute atomic E-state index is 13.1. The lowest BCUT2D eigenvalue weighted by Gasteiger charge is -2.41. The zero-order chi connectivity index (χ0) is 22.0. The number of fused-ring (bicyclic) bond motifs is 5. The van der Waals surface area contributed by atoms with Gasteiger partial charge in [0.25, 0.3) is 5.91 Å². The molecule has 2 atom stereocenters. The molecule has 0 spiro atoms. The summed E-state index contributed by atoms with van der Waals surface area (Å²) in [4.78, 5) is 14.8. The molecule has 4 aliphatic rings. The molecule has 1 N–H and O–H groups in total. The highest BCUT2D eigenvalue weighted by molar-refractivity contribution is 7.88. The number of hydrogen-bond donors (Lipinski definition) is 1. The number of nitriles is 1. The Morgan fingerprint density at radius 3 is 2.68 bits per heavy atom. The number of amides is 1. The van der Waals surface area contributed by atoms with Crippen LogP contribution in [0.5, 0.6) is 5.75 Å². The van der Waals surface area contributed by atoms with Crippen LogP contribution in [0, 0.1) is 11.3 Å². The SMILES string of the molecule is CS(=O)(=O)N[C@H]1CCCN2C(=O)COc3cc(C#N)ccc3C3CCC(CC3)OC[C@@H]12. The summed E-state index contributed by atoms with van der Waals surface area (Å²) in [6.07, 6.45) is 6.29. The Morgan fingerprint density at radius 1 is 1.19 bits per heavy atom. The standard InChI is InChI=1S/C22H29N3O5S/c1-31(27,28)24-19-3-2-10-25-20(19)13-29-17-7-5-16(6-8-17)18-9-4-15(12-23)11-21(18)30-14-22(25)26/h4,9,11,16-17,19-20,24H,2-3,5-8,10,13-14H2,1H3/t16?,17?,19-,20-/m0/s1. The molecule has 5 rings (SSSR count). The van der Waals surface area contributed by atoms with E-state index in [1.807, 2.05) is 6.07 Å². The molecule has 1 aromatic carbocycles. The number of carbonyl (C=O) groups is 1. The fourth-order valence-corrected chi connectivity index (χ4v) is 5.87. The number of hydrogen-bond acceptors (Lipinski definition) is 6. The molecule has 8 nitrogen and oxygen atoms in total. The zero-order valence-electron chi connectivity index (χ0n) is 17.7. The minimum atomic E-state index is -3.41. The quantitative estimate of drug-likeness (QED) is 0.742. The highest BCUT2D eigenvalue weighted by atomic mass is 32.2. The van der Waals surface area contributed by atoms with Gasteiger partial charge >= 0.3 is 0 Å². The van der Waals surface area contributed by atoms with Gasteiger partial charge in [-0.1, -0.05) is 6.07 Å². The minimum absolute atomic E-state index is 0.0949. The lowest BCUT2D eigenvalue weighted by atomic mass is 9.82. The van der Waals surface area contributed by atoms with Crippen LogP contribution in [0.2, 0.25) is 0 Å². The van der Waals surface area contributed by atoms with Gasteiger partial charge in [0.2, 0.25) is 10.0 Å². The third kappa shape index (κ3) is 5.20. The fraction of sp³-hybridized carbons (Fsp3) is 0.636. The van der Waals surface area contributed by atoms with Crippen LogP contribution in [-0.4, -0.2) is 63.4 Å². The normalized spacial score (nSPS) is 29.4. The van der Waals surface area contributed by atoms with Gasteiger partial charge in [0, 0.05) is 12.6 Å². The molecule has 1 saturated carbocycles. The van der Waals surface area contributed by atoms with Crippen LogP contribution in [-0.2, 0) is 19.6 Å². The molecule has 0 unspecified atom stereocenters. The van der Waals surface area contributed by atoms with Crippen molar-refractivity contribution in [2.45, 2.75) is 62.6 Å². The molecule has 1 aliphatic carbocycles. The molecule has 9 heteroatoms. The molecule has 31 heavy (non-hydrogen) atoms. The number of benzene rings is 1. The van der Waals surface area contributed by atoms with Crippen molar-refractivity contribution >= 4 is 15.9 Å². The lowest BCUT2D eigenvalue weighted by Crippen LogP contribution is -2.59. The van der Waals surface area contributed by atoms with E-state index < -0.39 is 10.0 Å². The van der Waals surface area contributed by atoms with Gasteiger partial charge in [0.1, 0.15) is 5.75 Å². The van der Waals surface area contributed by atoms with Gasteiger partial charge in [0.05, 0.1) is 36.6 Å². The highest BCUT2D eigenvalue weighted by Gasteiger charge is 2.37. The molecule has 168 valence electrons. The first-order chi connectivity index (χ1) is 14.8. The van der Waals surface area contributed by atoms with E-state index in [4.69, 9.17) is 9.47 Å². The van der Waals surface area contributed by atoms with Crippen molar-refractivity contribution in [1.82, 2.24) is 9.62 Å². The first-order valence-electron chi connectivity index (χ1n) is 10.9. The van der Waals surface area contributed by atoms with Gasteiger partial charge in [-0.3, -0.25) is 4.79 Å². The van der Waals surface area contributed by atoms with E-state index in [1.165, 1.54) is 0 Å². The molecule has 0 aromatic heterocycles.